The monoisotopic (exact) mass is 249 g/mol. The van der Waals surface area contributed by atoms with Gasteiger partial charge in [-0.15, -0.1) is 12.4 Å². The van der Waals surface area contributed by atoms with Crippen molar-refractivity contribution < 1.29 is 19.0 Å². The van der Waals surface area contributed by atoms with E-state index in [0.29, 0.717) is 5.56 Å². The highest BCUT2D eigenvalue weighted by atomic mass is 35.5. The number of hydrogen-bond donors (Lipinski definition) is 2. The molecule has 0 saturated carbocycles. The summed E-state index contributed by atoms with van der Waals surface area (Å²) in [5.74, 6) is -1.71. The minimum Gasteiger partial charge on any atom is -0.505 e. The lowest BCUT2D eigenvalue weighted by Crippen LogP contribution is -2.33. The molecule has 3 N–H and O–H groups in total. The number of carbonyl (C=O) groups is 1. The van der Waals surface area contributed by atoms with Crippen molar-refractivity contribution in [3.8, 4) is 5.75 Å². The van der Waals surface area contributed by atoms with Crippen molar-refractivity contribution in [1.82, 2.24) is 0 Å². The lowest BCUT2D eigenvalue weighted by atomic mass is 10.1. The highest BCUT2D eigenvalue weighted by molar-refractivity contribution is 5.85. The maximum absolute atomic E-state index is 12.9. The van der Waals surface area contributed by atoms with Crippen molar-refractivity contribution in [1.29, 1.82) is 0 Å². The molecule has 0 unspecified atom stereocenters. The number of phenols is 1. The third kappa shape index (κ3) is 3.67. The van der Waals surface area contributed by atoms with Crippen LogP contribution in [0.1, 0.15) is 5.56 Å². The Morgan fingerprint density at radius 2 is 2.25 bits per heavy atom. The molecule has 90 valence electrons. The number of esters is 1. The molecular formula is C10H13ClFNO3. The van der Waals surface area contributed by atoms with Gasteiger partial charge in [0.1, 0.15) is 6.04 Å². The van der Waals surface area contributed by atoms with Crippen LogP contribution in [0.2, 0.25) is 0 Å². The summed E-state index contributed by atoms with van der Waals surface area (Å²) < 4.78 is 17.3. The van der Waals surface area contributed by atoms with Crippen LogP contribution >= 0.6 is 12.4 Å². The Bertz CT molecular complexity index is 373. The van der Waals surface area contributed by atoms with Crippen LogP contribution < -0.4 is 5.73 Å². The van der Waals surface area contributed by atoms with Gasteiger partial charge in [0.05, 0.1) is 7.11 Å². The van der Waals surface area contributed by atoms with Gasteiger partial charge in [-0.25, -0.2) is 4.39 Å². The van der Waals surface area contributed by atoms with Crippen molar-refractivity contribution >= 4 is 18.4 Å². The number of aromatic hydroxyl groups is 1. The molecule has 1 rings (SSSR count). The minimum atomic E-state index is -0.820. The van der Waals surface area contributed by atoms with Gasteiger partial charge in [-0.05, 0) is 24.1 Å². The van der Waals surface area contributed by atoms with Gasteiger partial charge >= 0.3 is 5.97 Å². The Hall–Kier alpha value is -1.33. The third-order valence-corrected chi connectivity index (χ3v) is 1.97. The van der Waals surface area contributed by atoms with Crippen molar-refractivity contribution in [2.24, 2.45) is 5.73 Å². The van der Waals surface area contributed by atoms with Crippen LogP contribution in [-0.4, -0.2) is 24.2 Å². The molecule has 0 aliphatic heterocycles. The van der Waals surface area contributed by atoms with Crippen LogP contribution in [0.4, 0.5) is 4.39 Å². The Balaban J connectivity index is 0.00000225. The summed E-state index contributed by atoms with van der Waals surface area (Å²) in [6, 6.07) is 3.03. The summed E-state index contributed by atoms with van der Waals surface area (Å²) in [7, 11) is 1.24. The second-order valence-corrected chi connectivity index (χ2v) is 3.12. The number of phenolic OH excluding ortho intramolecular Hbond substituents is 1. The van der Waals surface area contributed by atoms with Crippen molar-refractivity contribution in [2.75, 3.05) is 7.11 Å². The first-order chi connectivity index (χ1) is 7.04. The van der Waals surface area contributed by atoms with Crippen molar-refractivity contribution in [3.63, 3.8) is 0 Å². The molecule has 0 radical (unpaired) electrons. The van der Waals surface area contributed by atoms with E-state index < -0.39 is 23.6 Å². The summed E-state index contributed by atoms with van der Waals surface area (Å²) in [6.45, 7) is 0. The van der Waals surface area contributed by atoms with Crippen LogP contribution in [0.3, 0.4) is 0 Å². The highest BCUT2D eigenvalue weighted by Gasteiger charge is 2.14. The van der Waals surface area contributed by atoms with Gasteiger partial charge < -0.3 is 15.6 Å². The molecule has 0 heterocycles. The van der Waals surface area contributed by atoms with Crippen molar-refractivity contribution in [3.05, 3.63) is 29.6 Å². The molecule has 0 bridgehead atoms. The second-order valence-electron chi connectivity index (χ2n) is 3.12. The number of nitrogens with two attached hydrogens (primary N) is 1. The number of methoxy groups -OCH3 is 1. The summed E-state index contributed by atoms with van der Waals surface area (Å²) in [4.78, 5) is 11.0. The summed E-state index contributed by atoms with van der Waals surface area (Å²) in [6.07, 6.45) is 0.171. The highest BCUT2D eigenvalue weighted by Crippen LogP contribution is 2.16. The molecule has 16 heavy (non-hydrogen) atoms. The summed E-state index contributed by atoms with van der Waals surface area (Å²) >= 11 is 0. The number of carbonyl (C=O) groups excluding carboxylic acids is 1. The molecule has 0 fully saturated rings. The molecular weight excluding hydrogens is 237 g/mol. The predicted octanol–water partition coefficient (Wildman–Crippen LogP) is 0.996. The molecule has 6 heteroatoms. The van der Waals surface area contributed by atoms with Gasteiger partial charge in [-0.2, -0.15) is 0 Å². The molecule has 4 nitrogen and oxygen atoms in total. The van der Waals surface area contributed by atoms with Gasteiger partial charge in [0, 0.05) is 0 Å². The maximum atomic E-state index is 12.9. The van der Waals surface area contributed by atoms with Gasteiger partial charge in [-0.1, -0.05) is 6.07 Å². The lowest BCUT2D eigenvalue weighted by Gasteiger charge is -2.09. The third-order valence-electron chi connectivity index (χ3n) is 1.97. The molecule has 1 aromatic carbocycles. The first-order valence-electron chi connectivity index (χ1n) is 4.35. The fourth-order valence-electron chi connectivity index (χ4n) is 1.17. The average Bonchev–Trinajstić information content (AvgIpc) is 2.22. The van der Waals surface area contributed by atoms with Crippen LogP contribution in [0.15, 0.2) is 18.2 Å². The minimum absolute atomic E-state index is 0. The van der Waals surface area contributed by atoms with E-state index in [1.165, 1.54) is 19.2 Å². The van der Waals surface area contributed by atoms with Crippen LogP contribution in [-0.2, 0) is 16.0 Å². The van der Waals surface area contributed by atoms with E-state index in [4.69, 9.17) is 10.8 Å². The normalized spacial score (nSPS) is 11.4. The first kappa shape index (κ1) is 14.7. The number of halogens is 2. The zero-order valence-corrected chi connectivity index (χ0v) is 9.46. The zero-order valence-electron chi connectivity index (χ0n) is 8.64. The van der Waals surface area contributed by atoms with Crippen LogP contribution in [0.25, 0.3) is 0 Å². The largest absolute Gasteiger partial charge is 0.505 e. The average molecular weight is 250 g/mol. The van der Waals surface area contributed by atoms with Gasteiger partial charge in [0.15, 0.2) is 11.6 Å². The predicted molar refractivity (Wildman–Crippen MR) is 59.0 cm³/mol. The van der Waals surface area contributed by atoms with E-state index >= 15 is 0 Å². The smallest absolute Gasteiger partial charge is 0.322 e. The van der Waals surface area contributed by atoms with E-state index in [1.54, 1.807) is 0 Å². The van der Waals surface area contributed by atoms with E-state index in [2.05, 4.69) is 4.74 Å². The summed E-state index contributed by atoms with van der Waals surface area (Å²) in [5.41, 5.74) is 6.02. The quantitative estimate of drug-likeness (QED) is 0.784. The SMILES string of the molecule is COC(=O)[C@H](N)Cc1ccc(O)c(F)c1.Cl. The van der Waals surface area contributed by atoms with Crippen LogP contribution in [0.5, 0.6) is 5.75 Å². The fourth-order valence-corrected chi connectivity index (χ4v) is 1.17. The summed E-state index contributed by atoms with van der Waals surface area (Å²) in [5, 5.41) is 8.94. The van der Waals surface area contributed by atoms with E-state index in [0.717, 1.165) is 6.07 Å². The molecule has 0 aliphatic carbocycles. The van der Waals surface area contributed by atoms with Crippen LogP contribution in [0, 0.1) is 5.82 Å². The zero-order chi connectivity index (χ0) is 11.4. The molecule has 1 aromatic rings. The van der Waals surface area contributed by atoms with Gasteiger partial charge in [-0.3, -0.25) is 4.79 Å². The lowest BCUT2D eigenvalue weighted by molar-refractivity contribution is -0.142. The maximum Gasteiger partial charge on any atom is 0.322 e. The molecule has 0 aliphatic rings. The Kier molecular flexibility index (Phi) is 5.77. The number of rotatable bonds is 3. The number of hydrogen-bond acceptors (Lipinski definition) is 4. The van der Waals surface area contributed by atoms with E-state index in [1.807, 2.05) is 0 Å². The number of ether oxygens (including phenoxy) is 1. The molecule has 1 atom stereocenters. The second kappa shape index (κ2) is 6.30. The van der Waals surface area contributed by atoms with Crippen molar-refractivity contribution in [2.45, 2.75) is 12.5 Å². The molecule has 0 spiro atoms. The standard InChI is InChI=1S/C10H12FNO3.ClH/c1-15-10(14)8(12)5-6-2-3-9(13)7(11)4-6;/h2-4,8,13H,5,12H2,1H3;1H/t8-;/m1./s1. The van der Waals surface area contributed by atoms with Gasteiger partial charge in [0.2, 0.25) is 0 Å². The molecule has 0 aromatic heterocycles. The Morgan fingerprint density at radius 3 is 2.75 bits per heavy atom. The molecule has 0 amide bonds. The fraction of sp³-hybridized carbons (Fsp3) is 0.300. The number of benzene rings is 1. The Labute approximate surface area is 98.6 Å². The molecule has 0 saturated heterocycles. The van der Waals surface area contributed by atoms with E-state index in [9.17, 15) is 9.18 Å². The first-order valence-corrected chi connectivity index (χ1v) is 4.35. The Morgan fingerprint density at radius 1 is 1.62 bits per heavy atom. The topological polar surface area (TPSA) is 72.5 Å². The van der Waals surface area contributed by atoms with E-state index in [-0.39, 0.29) is 18.8 Å². The van der Waals surface area contributed by atoms with Gasteiger partial charge in [0.25, 0.3) is 0 Å².